The first kappa shape index (κ1) is 39.3. The van der Waals surface area contributed by atoms with Crippen molar-refractivity contribution < 1.29 is 8.83 Å². The summed E-state index contributed by atoms with van der Waals surface area (Å²) in [6.07, 6.45) is 3.81. The monoisotopic (exact) mass is 868 g/mol. The molecule has 13 aromatic rings. The Kier molecular flexibility index (Phi) is 9.47. The van der Waals surface area contributed by atoms with E-state index in [9.17, 15) is 0 Å². The molecule has 0 atom stereocenters. The van der Waals surface area contributed by atoms with Crippen molar-refractivity contribution in [2.75, 3.05) is 0 Å². The Morgan fingerprint density at radius 1 is 0.235 bits per heavy atom. The van der Waals surface area contributed by atoms with Crippen LogP contribution in [0.5, 0.6) is 0 Å². The molecular formula is C64H40N2O2. The van der Waals surface area contributed by atoms with Gasteiger partial charge in [-0.05, 0) is 116 Å². The standard InChI is InChI=1S/C64H40N2O2/c1-3-17-41(18-4-1)43-31-33-65-59(39-43)51-25-11-9-23-49(51)55-35-45(37-57-53-27-13-15-29-61(53)67-63(55)57)47-21-7-8-22-48(47)46-36-56(64-58(38-46)54-28-14-16-30-62(54)68-64)50-24-10-12-26-52(50)60-40-44(32-34-66-60)42-19-5-2-6-20-42/h1-40H. The number of hydrogen-bond donors (Lipinski definition) is 0. The molecular weight excluding hydrogens is 829 g/mol. The highest BCUT2D eigenvalue weighted by Gasteiger charge is 2.22. The fraction of sp³-hybridized carbons (Fsp3) is 0. The van der Waals surface area contributed by atoms with Crippen LogP contribution < -0.4 is 0 Å². The van der Waals surface area contributed by atoms with Crippen LogP contribution in [0.1, 0.15) is 0 Å². The Hall–Kier alpha value is -9.12. The molecule has 0 spiro atoms. The maximum Gasteiger partial charge on any atom is 0.143 e. The second-order valence-electron chi connectivity index (χ2n) is 17.2. The predicted molar refractivity (Wildman–Crippen MR) is 280 cm³/mol. The van der Waals surface area contributed by atoms with Gasteiger partial charge in [0.1, 0.15) is 22.3 Å². The summed E-state index contributed by atoms with van der Waals surface area (Å²) < 4.78 is 13.6. The van der Waals surface area contributed by atoms with E-state index >= 15 is 0 Å². The lowest BCUT2D eigenvalue weighted by molar-refractivity contribution is 0.669. The van der Waals surface area contributed by atoms with Gasteiger partial charge >= 0.3 is 0 Å². The van der Waals surface area contributed by atoms with Crippen LogP contribution in [0, 0.1) is 0 Å². The van der Waals surface area contributed by atoms with Gasteiger partial charge in [0, 0.05) is 56.2 Å². The minimum absolute atomic E-state index is 0.842. The van der Waals surface area contributed by atoms with E-state index in [2.05, 4.69) is 206 Å². The highest BCUT2D eigenvalue weighted by molar-refractivity contribution is 6.15. The molecule has 0 N–H and O–H groups in total. The molecule has 13 rings (SSSR count). The maximum atomic E-state index is 6.82. The number of benzene rings is 9. The van der Waals surface area contributed by atoms with E-state index in [1.54, 1.807) is 0 Å². The summed E-state index contributed by atoms with van der Waals surface area (Å²) in [5.41, 5.74) is 20.2. The van der Waals surface area contributed by atoms with E-state index < -0.39 is 0 Å². The second kappa shape index (κ2) is 16.4. The van der Waals surface area contributed by atoms with E-state index in [4.69, 9.17) is 18.8 Å². The van der Waals surface area contributed by atoms with Crippen molar-refractivity contribution in [3.8, 4) is 89.3 Å². The van der Waals surface area contributed by atoms with Gasteiger partial charge in [-0.15, -0.1) is 0 Å². The zero-order chi connectivity index (χ0) is 45.0. The van der Waals surface area contributed by atoms with E-state index in [1.165, 1.54) is 0 Å². The Labute approximate surface area is 393 Å². The molecule has 9 aromatic carbocycles. The lowest BCUT2D eigenvalue weighted by Crippen LogP contribution is -1.92. The average Bonchev–Trinajstić information content (AvgIpc) is 4.00. The van der Waals surface area contributed by atoms with Crippen molar-refractivity contribution in [1.29, 1.82) is 0 Å². The largest absolute Gasteiger partial charge is 0.455 e. The van der Waals surface area contributed by atoms with E-state index in [-0.39, 0.29) is 0 Å². The van der Waals surface area contributed by atoms with Crippen molar-refractivity contribution in [3.63, 3.8) is 0 Å². The zero-order valence-corrected chi connectivity index (χ0v) is 36.8. The first-order valence-corrected chi connectivity index (χ1v) is 22.9. The van der Waals surface area contributed by atoms with Crippen LogP contribution in [0.2, 0.25) is 0 Å². The van der Waals surface area contributed by atoms with Crippen LogP contribution in [0.15, 0.2) is 252 Å². The van der Waals surface area contributed by atoms with Gasteiger partial charge in [0.2, 0.25) is 0 Å². The number of hydrogen-bond acceptors (Lipinski definition) is 4. The lowest BCUT2D eigenvalue weighted by Gasteiger charge is -2.16. The highest BCUT2D eigenvalue weighted by Crippen LogP contribution is 2.47. The molecule has 0 aliphatic carbocycles. The molecule has 0 radical (unpaired) electrons. The lowest BCUT2D eigenvalue weighted by atomic mass is 9.87. The molecule has 4 nitrogen and oxygen atoms in total. The van der Waals surface area contributed by atoms with Gasteiger partial charge in [-0.25, -0.2) is 0 Å². The van der Waals surface area contributed by atoms with Gasteiger partial charge in [0.05, 0.1) is 11.4 Å². The quantitative estimate of drug-likeness (QED) is 0.153. The Balaban J connectivity index is 1.02. The Bertz CT molecular complexity index is 3770. The first-order chi connectivity index (χ1) is 33.7. The molecule has 4 heterocycles. The first-order valence-electron chi connectivity index (χ1n) is 22.9. The number of pyridine rings is 2. The smallest absolute Gasteiger partial charge is 0.143 e. The molecule has 0 fully saturated rings. The van der Waals surface area contributed by atoms with Gasteiger partial charge in [-0.2, -0.15) is 0 Å². The Morgan fingerprint density at radius 2 is 0.603 bits per heavy atom. The summed E-state index contributed by atoms with van der Waals surface area (Å²) in [5.74, 6) is 0. The van der Waals surface area contributed by atoms with Crippen molar-refractivity contribution in [1.82, 2.24) is 9.97 Å². The molecule has 0 aliphatic rings. The van der Waals surface area contributed by atoms with Crippen LogP contribution in [0.3, 0.4) is 0 Å². The van der Waals surface area contributed by atoms with Crippen LogP contribution >= 0.6 is 0 Å². The molecule has 0 saturated heterocycles. The SMILES string of the molecule is c1ccc(-c2ccnc(-c3ccccc3-c3cc(-c4ccccc4-c4cc(-c5ccccc5-c5cc(-c6ccccc6)ccn5)c5oc6ccccc6c5c4)cc4c3oc3ccccc34)c2)cc1. The second-order valence-corrected chi connectivity index (χ2v) is 17.2. The van der Waals surface area contributed by atoms with Gasteiger partial charge in [-0.3, -0.25) is 9.97 Å². The molecule has 68 heavy (non-hydrogen) atoms. The van der Waals surface area contributed by atoms with Crippen LogP contribution in [0.4, 0.5) is 0 Å². The van der Waals surface area contributed by atoms with Gasteiger partial charge in [-0.1, -0.05) is 170 Å². The van der Waals surface area contributed by atoms with Crippen molar-refractivity contribution in [2.24, 2.45) is 0 Å². The third-order valence-electron chi connectivity index (χ3n) is 13.2. The normalized spacial score (nSPS) is 11.5. The summed E-state index contributed by atoms with van der Waals surface area (Å²) in [7, 11) is 0. The fourth-order valence-electron chi connectivity index (χ4n) is 10.0. The third kappa shape index (κ3) is 6.78. The summed E-state index contributed by atoms with van der Waals surface area (Å²) in [6.45, 7) is 0. The van der Waals surface area contributed by atoms with Gasteiger partial charge in [0.25, 0.3) is 0 Å². The van der Waals surface area contributed by atoms with E-state index in [0.717, 1.165) is 133 Å². The topological polar surface area (TPSA) is 52.1 Å². The summed E-state index contributed by atoms with van der Waals surface area (Å²) in [5, 5.41) is 4.25. The van der Waals surface area contributed by atoms with Crippen LogP contribution in [0.25, 0.3) is 133 Å². The third-order valence-corrected chi connectivity index (χ3v) is 13.2. The number of rotatable bonds is 8. The predicted octanol–water partition coefficient (Wildman–Crippen LogP) is 17.6. The minimum Gasteiger partial charge on any atom is -0.455 e. The number of para-hydroxylation sites is 2. The van der Waals surface area contributed by atoms with Gasteiger partial charge in [0.15, 0.2) is 0 Å². The molecule has 4 heteroatoms. The molecule has 318 valence electrons. The number of fused-ring (bicyclic) bond motifs is 6. The van der Waals surface area contributed by atoms with Crippen molar-refractivity contribution in [2.45, 2.75) is 0 Å². The molecule has 4 aromatic heterocycles. The summed E-state index contributed by atoms with van der Waals surface area (Å²) in [4.78, 5) is 9.91. The van der Waals surface area contributed by atoms with Gasteiger partial charge < -0.3 is 8.83 Å². The van der Waals surface area contributed by atoms with E-state index in [1.807, 2.05) is 36.7 Å². The average molecular weight is 869 g/mol. The van der Waals surface area contributed by atoms with Crippen molar-refractivity contribution in [3.05, 3.63) is 243 Å². The zero-order valence-electron chi connectivity index (χ0n) is 36.8. The maximum absolute atomic E-state index is 6.82. The summed E-state index contributed by atoms with van der Waals surface area (Å²) in [6, 6.07) is 81.2. The highest BCUT2D eigenvalue weighted by atomic mass is 16.3. The summed E-state index contributed by atoms with van der Waals surface area (Å²) >= 11 is 0. The molecule has 0 bridgehead atoms. The number of aromatic nitrogens is 2. The Morgan fingerprint density at radius 3 is 1.04 bits per heavy atom. The number of furan rings is 2. The number of nitrogens with zero attached hydrogens (tertiary/aromatic N) is 2. The molecule has 0 aliphatic heterocycles. The molecule has 0 amide bonds. The minimum atomic E-state index is 0.842. The van der Waals surface area contributed by atoms with E-state index in [0.29, 0.717) is 0 Å². The molecule has 0 unspecified atom stereocenters. The van der Waals surface area contributed by atoms with Crippen LogP contribution in [-0.2, 0) is 0 Å². The van der Waals surface area contributed by atoms with Crippen LogP contribution in [-0.4, -0.2) is 9.97 Å². The molecule has 0 saturated carbocycles. The van der Waals surface area contributed by atoms with Crippen molar-refractivity contribution >= 4 is 43.9 Å². The fourth-order valence-corrected chi connectivity index (χ4v) is 10.0.